The number of aliphatic hydroxyl groups is 1. The fourth-order valence-corrected chi connectivity index (χ4v) is 4.19. The quantitative estimate of drug-likeness (QED) is 0.819. The van der Waals surface area contributed by atoms with Gasteiger partial charge in [0, 0.05) is 31.0 Å². The fraction of sp³-hybridized carbons (Fsp3) is 0.556. The molecule has 1 aliphatic carbocycles. The van der Waals surface area contributed by atoms with Crippen LogP contribution in [0.2, 0.25) is 0 Å². The summed E-state index contributed by atoms with van der Waals surface area (Å²) in [6.07, 6.45) is 7.73. The summed E-state index contributed by atoms with van der Waals surface area (Å²) < 4.78 is 0. The van der Waals surface area contributed by atoms with Gasteiger partial charge in [-0.3, -0.25) is 4.90 Å². The van der Waals surface area contributed by atoms with Gasteiger partial charge in [-0.1, -0.05) is 19.9 Å². The highest BCUT2D eigenvalue weighted by atomic mass is 16.3. The minimum atomic E-state index is -0.878. The minimum Gasteiger partial charge on any atom is -0.508 e. The number of terminal acetylenes is 1. The van der Waals surface area contributed by atoms with Crippen LogP contribution in [0.1, 0.15) is 37.8 Å². The highest BCUT2D eigenvalue weighted by Crippen LogP contribution is 2.55. The van der Waals surface area contributed by atoms with E-state index < -0.39 is 5.60 Å². The number of rotatable bonds is 2. The van der Waals surface area contributed by atoms with E-state index in [1.807, 2.05) is 6.07 Å². The fourth-order valence-electron chi connectivity index (χ4n) is 4.19. The van der Waals surface area contributed by atoms with Crippen LogP contribution in [0.15, 0.2) is 18.2 Å². The SMILES string of the molecule is C#CCCN1CC[C@]2(O)c3cc(O)ccc3C[C@H]1C2(C)C. The van der Waals surface area contributed by atoms with Crippen molar-refractivity contribution < 1.29 is 10.2 Å². The molecular weight excluding hydrogens is 262 g/mol. The second kappa shape index (κ2) is 4.76. The van der Waals surface area contributed by atoms with Crippen LogP contribution in [0.5, 0.6) is 5.75 Å². The van der Waals surface area contributed by atoms with E-state index in [2.05, 4.69) is 24.7 Å². The molecule has 0 radical (unpaired) electrons. The number of phenolic OH excluding ortho intramolecular Hbond substituents is 1. The molecule has 0 spiro atoms. The zero-order valence-electron chi connectivity index (χ0n) is 12.8. The summed E-state index contributed by atoms with van der Waals surface area (Å²) in [5.41, 5.74) is 0.905. The monoisotopic (exact) mass is 285 g/mol. The zero-order chi connectivity index (χ0) is 15.3. The molecule has 1 fully saturated rings. The lowest BCUT2D eigenvalue weighted by atomic mass is 9.56. The van der Waals surface area contributed by atoms with E-state index in [4.69, 9.17) is 6.42 Å². The molecule has 1 saturated heterocycles. The molecule has 1 aliphatic heterocycles. The number of phenols is 1. The molecule has 0 saturated carbocycles. The minimum absolute atomic E-state index is 0.228. The number of aromatic hydroxyl groups is 1. The molecular formula is C18H23NO2. The van der Waals surface area contributed by atoms with Gasteiger partial charge in [-0.25, -0.2) is 0 Å². The van der Waals surface area contributed by atoms with E-state index in [1.54, 1.807) is 12.1 Å². The van der Waals surface area contributed by atoms with Crippen molar-refractivity contribution in [3.63, 3.8) is 0 Å². The van der Waals surface area contributed by atoms with Crippen LogP contribution in [0.25, 0.3) is 0 Å². The number of hydrogen-bond donors (Lipinski definition) is 2. The summed E-state index contributed by atoms with van der Waals surface area (Å²) in [4.78, 5) is 2.42. The Morgan fingerprint density at radius 2 is 2.19 bits per heavy atom. The van der Waals surface area contributed by atoms with Gasteiger partial charge >= 0.3 is 0 Å². The second-order valence-corrected chi connectivity index (χ2v) is 6.88. The lowest BCUT2D eigenvalue weighted by Crippen LogP contribution is -2.64. The summed E-state index contributed by atoms with van der Waals surface area (Å²) in [5.74, 6) is 2.94. The van der Waals surface area contributed by atoms with E-state index in [0.29, 0.717) is 6.42 Å². The van der Waals surface area contributed by atoms with Crippen molar-refractivity contribution in [1.82, 2.24) is 4.90 Å². The summed E-state index contributed by atoms with van der Waals surface area (Å²) in [6, 6.07) is 5.68. The predicted molar refractivity (Wildman–Crippen MR) is 82.9 cm³/mol. The number of fused-ring (bicyclic) bond motifs is 4. The molecule has 1 heterocycles. The topological polar surface area (TPSA) is 43.7 Å². The smallest absolute Gasteiger partial charge is 0.115 e. The number of nitrogens with zero attached hydrogens (tertiary/aromatic N) is 1. The van der Waals surface area contributed by atoms with E-state index >= 15 is 0 Å². The van der Waals surface area contributed by atoms with Crippen LogP contribution in [-0.2, 0) is 12.0 Å². The van der Waals surface area contributed by atoms with Gasteiger partial charge in [0.15, 0.2) is 0 Å². The molecule has 2 bridgehead atoms. The molecule has 3 nitrogen and oxygen atoms in total. The summed E-state index contributed by atoms with van der Waals surface area (Å²) in [7, 11) is 0. The highest BCUT2D eigenvalue weighted by molar-refractivity contribution is 5.44. The molecule has 3 heteroatoms. The van der Waals surface area contributed by atoms with Crippen LogP contribution < -0.4 is 0 Å². The molecule has 3 rings (SSSR count). The van der Waals surface area contributed by atoms with E-state index in [9.17, 15) is 10.2 Å². The number of benzene rings is 1. The maximum Gasteiger partial charge on any atom is 0.115 e. The molecule has 2 aliphatic rings. The molecule has 2 atom stereocenters. The zero-order valence-corrected chi connectivity index (χ0v) is 12.8. The van der Waals surface area contributed by atoms with Gasteiger partial charge in [-0.2, -0.15) is 0 Å². The van der Waals surface area contributed by atoms with Crippen molar-refractivity contribution in [3.05, 3.63) is 29.3 Å². The first-order valence-electron chi connectivity index (χ1n) is 7.62. The van der Waals surface area contributed by atoms with Crippen molar-refractivity contribution in [2.45, 2.75) is 44.8 Å². The van der Waals surface area contributed by atoms with Crippen molar-refractivity contribution >= 4 is 0 Å². The lowest BCUT2D eigenvalue weighted by molar-refractivity contribution is -0.164. The molecule has 0 unspecified atom stereocenters. The van der Waals surface area contributed by atoms with Crippen LogP contribution in [0.3, 0.4) is 0 Å². The van der Waals surface area contributed by atoms with E-state index in [-0.39, 0.29) is 17.2 Å². The van der Waals surface area contributed by atoms with E-state index in [1.165, 1.54) is 0 Å². The first-order valence-corrected chi connectivity index (χ1v) is 7.62. The summed E-state index contributed by atoms with van der Waals surface area (Å²) in [6.45, 7) is 5.99. The van der Waals surface area contributed by atoms with Crippen molar-refractivity contribution in [2.75, 3.05) is 13.1 Å². The third-order valence-corrected chi connectivity index (χ3v) is 5.60. The standard InChI is InChI=1S/C18H23NO2/c1-4-5-9-19-10-8-18(21)15-12-14(20)7-6-13(15)11-16(19)17(18,2)3/h1,6-7,12,16,20-21H,5,8-11H2,2-3H3/t16-,18-/m0/s1. The van der Waals surface area contributed by atoms with Crippen molar-refractivity contribution in [1.29, 1.82) is 0 Å². The van der Waals surface area contributed by atoms with Crippen LogP contribution in [0, 0.1) is 17.8 Å². The molecule has 1 aromatic carbocycles. The normalized spacial score (nSPS) is 30.5. The van der Waals surface area contributed by atoms with Crippen molar-refractivity contribution in [2.24, 2.45) is 5.41 Å². The van der Waals surface area contributed by atoms with Gasteiger partial charge in [0.05, 0.1) is 5.60 Å². The Labute approximate surface area is 126 Å². The Kier molecular flexibility index (Phi) is 3.27. The average molecular weight is 285 g/mol. The molecule has 0 aromatic heterocycles. The Balaban J connectivity index is 2.06. The Morgan fingerprint density at radius 3 is 2.90 bits per heavy atom. The molecule has 112 valence electrons. The number of piperidine rings is 1. The van der Waals surface area contributed by atoms with Crippen LogP contribution in [-0.4, -0.2) is 34.2 Å². The predicted octanol–water partition coefficient (Wildman–Crippen LogP) is 2.26. The van der Waals surface area contributed by atoms with Crippen LogP contribution >= 0.6 is 0 Å². The number of likely N-dealkylation sites (tertiary alicyclic amines) is 1. The van der Waals surface area contributed by atoms with E-state index in [0.717, 1.165) is 37.1 Å². The Morgan fingerprint density at radius 1 is 1.43 bits per heavy atom. The summed E-state index contributed by atoms with van der Waals surface area (Å²) >= 11 is 0. The van der Waals surface area contributed by atoms with Crippen molar-refractivity contribution in [3.8, 4) is 18.1 Å². The second-order valence-electron chi connectivity index (χ2n) is 6.88. The lowest BCUT2D eigenvalue weighted by Gasteiger charge is -2.59. The molecule has 0 amide bonds. The number of hydrogen-bond acceptors (Lipinski definition) is 3. The third kappa shape index (κ3) is 1.97. The molecule has 21 heavy (non-hydrogen) atoms. The maximum atomic E-state index is 11.4. The molecule has 2 N–H and O–H groups in total. The van der Waals surface area contributed by atoms with Gasteiger partial charge < -0.3 is 10.2 Å². The van der Waals surface area contributed by atoms with Crippen LogP contribution in [0.4, 0.5) is 0 Å². The molecule has 1 aromatic rings. The first kappa shape index (κ1) is 14.4. The Bertz CT molecular complexity index is 602. The Hall–Kier alpha value is -1.50. The largest absolute Gasteiger partial charge is 0.508 e. The third-order valence-electron chi connectivity index (χ3n) is 5.60. The summed E-state index contributed by atoms with van der Waals surface area (Å²) in [5, 5.41) is 21.2. The maximum absolute atomic E-state index is 11.4. The van der Waals surface area contributed by atoms with Gasteiger partial charge in [0.1, 0.15) is 5.75 Å². The van der Waals surface area contributed by atoms with Gasteiger partial charge in [0.25, 0.3) is 0 Å². The average Bonchev–Trinajstić information content (AvgIpc) is 2.43. The highest BCUT2D eigenvalue weighted by Gasteiger charge is 2.57. The van der Waals surface area contributed by atoms with Gasteiger partial charge in [-0.05, 0) is 36.1 Å². The van der Waals surface area contributed by atoms with Gasteiger partial charge in [0.2, 0.25) is 0 Å². The van der Waals surface area contributed by atoms with Gasteiger partial charge in [-0.15, -0.1) is 12.3 Å². The first-order chi connectivity index (χ1) is 9.90.